The van der Waals surface area contributed by atoms with Gasteiger partial charge in [0.25, 0.3) is 5.69 Å². The Hall–Kier alpha value is -2.32. The van der Waals surface area contributed by atoms with Gasteiger partial charge in [-0.05, 0) is 24.5 Å². The molecule has 0 aliphatic rings. The molecule has 0 saturated carbocycles. The van der Waals surface area contributed by atoms with Crippen molar-refractivity contribution >= 4 is 49.8 Å². The molecule has 0 spiro atoms. The van der Waals surface area contributed by atoms with Crippen molar-refractivity contribution < 1.29 is 9.66 Å². The molecule has 0 amide bonds. The Bertz CT molecular complexity index is 880. The molecule has 23 heavy (non-hydrogen) atoms. The van der Waals surface area contributed by atoms with Crippen molar-refractivity contribution in [2.24, 2.45) is 0 Å². The number of nitro groups is 1. The van der Waals surface area contributed by atoms with Gasteiger partial charge in [-0.25, -0.2) is 4.98 Å². The number of nitro benzene ring substituents is 1. The van der Waals surface area contributed by atoms with Crippen molar-refractivity contribution in [1.29, 1.82) is 0 Å². The average Bonchev–Trinajstić information content (AvgIpc) is 2.96. The first-order valence-corrected chi connectivity index (χ1v) is 8.69. The van der Waals surface area contributed by atoms with Crippen molar-refractivity contribution in [3.8, 4) is 5.75 Å². The Morgan fingerprint density at radius 2 is 2.17 bits per heavy atom. The maximum absolute atomic E-state index is 11.0. The molecule has 0 aliphatic heterocycles. The van der Waals surface area contributed by atoms with Crippen LogP contribution in [0.15, 0.2) is 41.3 Å². The van der Waals surface area contributed by atoms with E-state index in [1.54, 1.807) is 17.8 Å². The first-order valence-electron chi connectivity index (χ1n) is 6.65. The van der Waals surface area contributed by atoms with Gasteiger partial charge in [0.15, 0.2) is 5.13 Å². The Morgan fingerprint density at radius 1 is 1.35 bits per heavy atom. The smallest absolute Gasteiger partial charge is 0.271 e. The van der Waals surface area contributed by atoms with E-state index in [4.69, 9.17) is 4.74 Å². The quantitative estimate of drug-likeness (QED) is 0.410. The Kier molecular flexibility index (Phi) is 4.35. The minimum atomic E-state index is -0.436. The highest BCUT2D eigenvalue weighted by Crippen LogP contribution is 2.36. The minimum absolute atomic E-state index is 0.000728. The van der Waals surface area contributed by atoms with Gasteiger partial charge < -0.3 is 10.1 Å². The number of fused-ring (bicyclic) bond motifs is 1. The zero-order chi connectivity index (χ0) is 16.4. The summed E-state index contributed by atoms with van der Waals surface area (Å²) in [5, 5.41) is 14.7. The summed E-state index contributed by atoms with van der Waals surface area (Å²) >= 11 is 3.13. The van der Waals surface area contributed by atoms with Gasteiger partial charge in [-0.3, -0.25) is 10.1 Å². The van der Waals surface area contributed by atoms with Crippen molar-refractivity contribution in [3.63, 3.8) is 0 Å². The molecule has 6 nitrogen and oxygen atoms in total. The monoisotopic (exact) mass is 347 g/mol. The standard InChI is InChI=1S/C15H13N3O3S2/c1-21-11-7-6-9(18(19)20)8-10(11)16-15-17-14-12(22-2)4-3-5-13(14)23-15/h3-8H,1-2H3,(H,16,17). The lowest BCUT2D eigenvalue weighted by Gasteiger charge is -2.08. The summed E-state index contributed by atoms with van der Waals surface area (Å²) in [6.07, 6.45) is 2.00. The van der Waals surface area contributed by atoms with Crippen molar-refractivity contribution in [3.05, 3.63) is 46.5 Å². The number of ether oxygens (including phenoxy) is 1. The number of nitrogens with zero attached hydrogens (tertiary/aromatic N) is 2. The predicted octanol–water partition coefficient (Wildman–Crippen LogP) is 4.68. The topological polar surface area (TPSA) is 77.3 Å². The maximum atomic E-state index is 11.0. The molecule has 3 aromatic rings. The van der Waals surface area contributed by atoms with E-state index in [-0.39, 0.29) is 5.69 Å². The van der Waals surface area contributed by atoms with Crippen molar-refractivity contribution in [1.82, 2.24) is 4.98 Å². The second-order valence-corrected chi connectivity index (χ2v) is 6.47. The first-order chi connectivity index (χ1) is 11.1. The fraction of sp³-hybridized carbons (Fsp3) is 0.133. The predicted molar refractivity (Wildman–Crippen MR) is 94.3 cm³/mol. The lowest BCUT2D eigenvalue weighted by molar-refractivity contribution is -0.384. The van der Waals surface area contributed by atoms with Crippen LogP contribution in [0.4, 0.5) is 16.5 Å². The van der Waals surface area contributed by atoms with Gasteiger partial charge in [-0.1, -0.05) is 17.4 Å². The highest BCUT2D eigenvalue weighted by atomic mass is 32.2. The van der Waals surface area contributed by atoms with Crippen LogP contribution in [-0.4, -0.2) is 23.3 Å². The molecule has 3 rings (SSSR count). The number of benzene rings is 2. The number of thioether (sulfide) groups is 1. The van der Waals surface area contributed by atoms with E-state index in [2.05, 4.69) is 10.3 Å². The van der Waals surface area contributed by atoms with Gasteiger partial charge in [-0.2, -0.15) is 0 Å². The number of rotatable bonds is 5. The molecule has 0 fully saturated rings. The highest BCUT2D eigenvalue weighted by molar-refractivity contribution is 7.98. The normalized spacial score (nSPS) is 10.7. The van der Waals surface area contributed by atoms with Crippen LogP contribution in [0, 0.1) is 10.1 Å². The molecular weight excluding hydrogens is 334 g/mol. The van der Waals surface area contributed by atoms with Crippen molar-refractivity contribution in [2.75, 3.05) is 18.7 Å². The molecular formula is C15H13N3O3S2. The van der Waals surface area contributed by atoms with Crippen LogP contribution in [0.2, 0.25) is 0 Å². The molecule has 1 heterocycles. The van der Waals surface area contributed by atoms with E-state index in [9.17, 15) is 10.1 Å². The number of thiazole rings is 1. The summed E-state index contributed by atoms with van der Waals surface area (Å²) in [6.45, 7) is 0. The number of nitrogens with one attached hydrogen (secondary N) is 1. The molecule has 0 saturated heterocycles. The lowest BCUT2D eigenvalue weighted by atomic mass is 10.2. The number of methoxy groups -OCH3 is 1. The largest absolute Gasteiger partial charge is 0.495 e. The van der Waals surface area contributed by atoms with Gasteiger partial charge in [0.05, 0.1) is 27.9 Å². The summed E-state index contributed by atoms with van der Waals surface area (Å²) in [6, 6.07) is 10.4. The number of hydrogen-bond donors (Lipinski definition) is 1. The molecule has 118 valence electrons. The van der Waals surface area contributed by atoms with Crippen LogP contribution in [0.5, 0.6) is 5.75 Å². The highest BCUT2D eigenvalue weighted by Gasteiger charge is 2.14. The van der Waals surface area contributed by atoms with Crippen LogP contribution in [0.3, 0.4) is 0 Å². The molecule has 1 aromatic heterocycles. The number of aromatic nitrogens is 1. The zero-order valence-corrected chi connectivity index (χ0v) is 14.0. The van der Waals surface area contributed by atoms with Gasteiger partial charge in [-0.15, -0.1) is 11.8 Å². The maximum Gasteiger partial charge on any atom is 0.271 e. The number of hydrogen-bond acceptors (Lipinski definition) is 7. The molecule has 0 bridgehead atoms. The zero-order valence-electron chi connectivity index (χ0n) is 12.4. The second kappa shape index (κ2) is 6.43. The summed E-state index contributed by atoms with van der Waals surface area (Å²) < 4.78 is 6.32. The number of non-ortho nitro benzene ring substituents is 1. The van der Waals surface area contributed by atoms with Crippen LogP contribution >= 0.6 is 23.1 Å². The third-order valence-electron chi connectivity index (χ3n) is 3.24. The summed E-state index contributed by atoms with van der Waals surface area (Å²) in [5.41, 5.74) is 1.45. The van der Waals surface area contributed by atoms with E-state index in [1.807, 2.05) is 24.5 Å². The number of anilines is 2. The van der Waals surface area contributed by atoms with E-state index in [1.165, 1.54) is 30.6 Å². The molecule has 2 aromatic carbocycles. The summed E-state index contributed by atoms with van der Waals surface area (Å²) in [5.74, 6) is 0.528. The van der Waals surface area contributed by atoms with Gasteiger partial charge in [0.2, 0.25) is 0 Å². The Balaban J connectivity index is 2.01. The molecule has 1 N–H and O–H groups in total. The second-order valence-electron chi connectivity index (χ2n) is 4.59. The molecule has 8 heteroatoms. The van der Waals surface area contributed by atoms with Crippen LogP contribution < -0.4 is 10.1 Å². The van der Waals surface area contributed by atoms with Gasteiger partial charge in [0.1, 0.15) is 5.75 Å². The average molecular weight is 347 g/mol. The minimum Gasteiger partial charge on any atom is -0.495 e. The number of para-hydroxylation sites is 1. The summed E-state index contributed by atoms with van der Waals surface area (Å²) in [4.78, 5) is 16.2. The SMILES string of the molecule is COc1ccc([N+](=O)[O-])cc1Nc1nc2c(SC)cccc2s1. The van der Waals surface area contributed by atoms with E-state index in [0.717, 1.165) is 15.1 Å². The fourth-order valence-corrected chi connectivity index (χ4v) is 3.70. The van der Waals surface area contributed by atoms with E-state index >= 15 is 0 Å². The van der Waals surface area contributed by atoms with Gasteiger partial charge in [0, 0.05) is 17.0 Å². The van der Waals surface area contributed by atoms with E-state index in [0.29, 0.717) is 16.6 Å². The lowest BCUT2D eigenvalue weighted by Crippen LogP contribution is -1.96. The molecule has 0 aliphatic carbocycles. The van der Waals surface area contributed by atoms with Crippen molar-refractivity contribution in [2.45, 2.75) is 4.90 Å². The molecule has 0 atom stereocenters. The fourth-order valence-electron chi connectivity index (χ4n) is 2.16. The van der Waals surface area contributed by atoms with Gasteiger partial charge >= 0.3 is 0 Å². The third-order valence-corrected chi connectivity index (χ3v) is 4.94. The molecule has 0 unspecified atom stereocenters. The Labute approximate surface area is 140 Å². The third kappa shape index (κ3) is 3.08. The van der Waals surface area contributed by atoms with E-state index < -0.39 is 4.92 Å². The van der Waals surface area contributed by atoms with Crippen LogP contribution in [0.25, 0.3) is 10.2 Å². The van der Waals surface area contributed by atoms with Crippen LogP contribution in [-0.2, 0) is 0 Å². The molecule has 0 radical (unpaired) electrons. The van der Waals surface area contributed by atoms with Crippen LogP contribution in [0.1, 0.15) is 0 Å². The summed E-state index contributed by atoms with van der Waals surface area (Å²) in [7, 11) is 1.52. The Morgan fingerprint density at radius 3 is 2.87 bits per heavy atom. The first kappa shape index (κ1) is 15.6.